The van der Waals surface area contributed by atoms with Gasteiger partial charge in [-0.05, 0) is 25.1 Å². The van der Waals surface area contributed by atoms with Crippen molar-refractivity contribution in [3.63, 3.8) is 0 Å². The van der Waals surface area contributed by atoms with Gasteiger partial charge in [0.15, 0.2) is 0 Å². The van der Waals surface area contributed by atoms with Crippen molar-refractivity contribution >= 4 is 17.5 Å². The van der Waals surface area contributed by atoms with Crippen molar-refractivity contribution < 1.29 is 23.1 Å². The number of carbonyl (C=O) groups is 2. The molecule has 1 aromatic carbocycles. The minimum Gasteiger partial charge on any atom is -0.481 e. The lowest BCUT2D eigenvalue weighted by atomic mass is 10.2. The van der Waals surface area contributed by atoms with Gasteiger partial charge in [0.2, 0.25) is 5.88 Å². The standard InChI is InChI=1S/C16H15F2N3O3/c1-9-3-4-10(16(20-9)24-2)8-19-14(22)15(23)21-13-6-5-11(17)7-12(13)18/h3-7H,8H2,1-2H3,(H,19,22)(H,21,23). The molecule has 6 nitrogen and oxygen atoms in total. The zero-order valence-corrected chi connectivity index (χ0v) is 13.0. The third kappa shape index (κ3) is 4.25. The van der Waals surface area contributed by atoms with Crippen LogP contribution in [0.2, 0.25) is 0 Å². The first-order chi connectivity index (χ1) is 11.4. The van der Waals surface area contributed by atoms with Crippen LogP contribution < -0.4 is 15.4 Å². The number of carbonyl (C=O) groups excluding carboxylic acids is 2. The molecule has 0 radical (unpaired) electrons. The summed E-state index contributed by atoms with van der Waals surface area (Å²) in [6.07, 6.45) is 0. The minimum absolute atomic E-state index is 0.00854. The number of ether oxygens (including phenoxy) is 1. The molecule has 1 heterocycles. The summed E-state index contributed by atoms with van der Waals surface area (Å²) in [6, 6.07) is 6.05. The molecule has 0 spiro atoms. The molecule has 8 heteroatoms. The first kappa shape index (κ1) is 17.3. The van der Waals surface area contributed by atoms with E-state index in [4.69, 9.17) is 4.74 Å². The van der Waals surface area contributed by atoms with Crippen LogP contribution in [0.25, 0.3) is 0 Å². The number of amides is 2. The molecular formula is C16H15F2N3O3. The van der Waals surface area contributed by atoms with Gasteiger partial charge in [-0.15, -0.1) is 0 Å². The Morgan fingerprint density at radius 1 is 1.17 bits per heavy atom. The fourth-order valence-corrected chi connectivity index (χ4v) is 1.90. The SMILES string of the molecule is COc1nc(C)ccc1CNC(=O)C(=O)Nc1ccc(F)cc1F. The van der Waals surface area contributed by atoms with E-state index >= 15 is 0 Å². The van der Waals surface area contributed by atoms with Gasteiger partial charge in [-0.1, -0.05) is 6.07 Å². The van der Waals surface area contributed by atoms with Crippen LogP contribution in [0, 0.1) is 18.6 Å². The van der Waals surface area contributed by atoms with Gasteiger partial charge in [-0.2, -0.15) is 0 Å². The third-order valence-electron chi connectivity index (χ3n) is 3.10. The van der Waals surface area contributed by atoms with E-state index in [1.54, 1.807) is 19.1 Å². The Hall–Kier alpha value is -3.03. The monoisotopic (exact) mass is 335 g/mol. The van der Waals surface area contributed by atoms with E-state index in [0.717, 1.165) is 17.8 Å². The van der Waals surface area contributed by atoms with E-state index in [0.29, 0.717) is 17.5 Å². The average molecular weight is 335 g/mol. The zero-order valence-electron chi connectivity index (χ0n) is 13.0. The van der Waals surface area contributed by atoms with Crippen molar-refractivity contribution in [3.8, 4) is 5.88 Å². The molecule has 0 aliphatic rings. The van der Waals surface area contributed by atoms with Gasteiger partial charge in [0, 0.05) is 23.9 Å². The smallest absolute Gasteiger partial charge is 0.313 e. The molecule has 0 fully saturated rings. The predicted octanol–water partition coefficient (Wildman–Crippen LogP) is 1.93. The number of hydrogen-bond acceptors (Lipinski definition) is 4. The van der Waals surface area contributed by atoms with Crippen LogP contribution in [0.3, 0.4) is 0 Å². The van der Waals surface area contributed by atoms with Crippen molar-refractivity contribution in [3.05, 3.63) is 53.2 Å². The van der Waals surface area contributed by atoms with Crippen LogP contribution in [0.4, 0.5) is 14.5 Å². The normalized spacial score (nSPS) is 10.2. The number of pyridine rings is 1. The molecule has 2 N–H and O–H groups in total. The lowest BCUT2D eigenvalue weighted by molar-refractivity contribution is -0.136. The van der Waals surface area contributed by atoms with E-state index in [1.807, 2.05) is 0 Å². The van der Waals surface area contributed by atoms with Crippen molar-refractivity contribution in [2.45, 2.75) is 13.5 Å². The number of hydrogen-bond donors (Lipinski definition) is 2. The number of aromatic nitrogens is 1. The van der Waals surface area contributed by atoms with Gasteiger partial charge >= 0.3 is 11.8 Å². The van der Waals surface area contributed by atoms with E-state index in [1.165, 1.54) is 7.11 Å². The Morgan fingerprint density at radius 2 is 1.92 bits per heavy atom. The number of nitrogens with one attached hydrogen (secondary N) is 2. The Kier molecular flexibility index (Phi) is 5.41. The second-order valence-electron chi connectivity index (χ2n) is 4.88. The number of nitrogens with zero attached hydrogens (tertiary/aromatic N) is 1. The first-order valence-corrected chi connectivity index (χ1v) is 6.95. The van der Waals surface area contributed by atoms with Gasteiger partial charge in [-0.3, -0.25) is 9.59 Å². The fourth-order valence-electron chi connectivity index (χ4n) is 1.90. The van der Waals surface area contributed by atoms with Crippen LogP contribution in [0.1, 0.15) is 11.3 Å². The average Bonchev–Trinajstić information content (AvgIpc) is 2.55. The molecule has 0 saturated carbocycles. The summed E-state index contributed by atoms with van der Waals surface area (Å²) < 4.78 is 31.3. The van der Waals surface area contributed by atoms with Crippen LogP contribution >= 0.6 is 0 Å². The van der Waals surface area contributed by atoms with Crippen molar-refractivity contribution in [1.29, 1.82) is 0 Å². The second kappa shape index (κ2) is 7.49. The molecule has 0 atom stereocenters. The molecule has 2 amide bonds. The lowest BCUT2D eigenvalue weighted by Crippen LogP contribution is -2.35. The molecule has 1 aromatic heterocycles. The van der Waals surface area contributed by atoms with Gasteiger partial charge < -0.3 is 15.4 Å². The maximum atomic E-state index is 13.5. The van der Waals surface area contributed by atoms with Crippen molar-refractivity contribution in [2.75, 3.05) is 12.4 Å². The van der Waals surface area contributed by atoms with Crippen molar-refractivity contribution in [1.82, 2.24) is 10.3 Å². The molecule has 0 aliphatic carbocycles. The molecule has 2 aromatic rings. The highest BCUT2D eigenvalue weighted by Gasteiger charge is 2.16. The summed E-state index contributed by atoms with van der Waals surface area (Å²) in [5.74, 6) is -3.46. The minimum atomic E-state index is -1.07. The first-order valence-electron chi connectivity index (χ1n) is 6.95. The molecule has 126 valence electrons. The maximum absolute atomic E-state index is 13.5. The molecule has 2 rings (SSSR count). The lowest BCUT2D eigenvalue weighted by Gasteiger charge is -2.10. The van der Waals surface area contributed by atoms with E-state index < -0.39 is 23.4 Å². The number of benzene rings is 1. The third-order valence-corrected chi connectivity index (χ3v) is 3.10. The quantitative estimate of drug-likeness (QED) is 0.837. The Morgan fingerprint density at radius 3 is 2.58 bits per heavy atom. The van der Waals surface area contributed by atoms with Gasteiger partial charge in [-0.25, -0.2) is 13.8 Å². The van der Waals surface area contributed by atoms with Crippen LogP contribution in [-0.4, -0.2) is 23.9 Å². The highest BCUT2D eigenvalue weighted by Crippen LogP contribution is 2.16. The van der Waals surface area contributed by atoms with Crippen LogP contribution in [-0.2, 0) is 16.1 Å². The highest BCUT2D eigenvalue weighted by atomic mass is 19.1. The molecule has 0 bridgehead atoms. The van der Waals surface area contributed by atoms with Crippen LogP contribution in [0.15, 0.2) is 30.3 Å². The van der Waals surface area contributed by atoms with E-state index in [9.17, 15) is 18.4 Å². The fraction of sp³-hybridized carbons (Fsp3) is 0.188. The molecular weight excluding hydrogens is 320 g/mol. The maximum Gasteiger partial charge on any atom is 0.313 e. The van der Waals surface area contributed by atoms with E-state index in [-0.39, 0.29) is 12.2 Å². The summed E-state index contributed by atoms with van der Waals surface area (Å²) in [5, 5.41) is 4.45. The number of methoxy groups -OCH3 is 1. The highest BCUT2D eigenvalue weighted by molar-refractivity contribution is 6.39. The Labute approximate surface area is 136 Å². The predicted molar refractivity (Wildman–Crippen MR) is 82.4 cm³/mol. The Bertz CT molecular complexity index is 781. The van der Waals surface area contributed by atoms with Gasteiger partial charge in [0.1, 0.15) is 11.6 Å². The van der Waals surface area contributed by atoms with Gasteiger partial charge in [0.05, 0.1) is 12.8 Å². The molecule has 0 saturated heterocycles. The zero-order chi connectivity index (χ0) is 17.7. The van der Waals surface area contributed by atoms with E-state index in [2.05, 4.69) is 15.6 Å². The van der Waals surface area contributed by atoms with Gasteiger partial charge in [0.25, 0.3) is 0 Å². The molecule has 0 aliphatic heterocycles. The number of rotatable bonds is 4. The number of anilines is 1. The second-order valence-corrected chi connectivity index (χ2v) is 4.88. The summed E-state index contributed by atoms with van der Waals surface area (Å²) >= 11 is 0. The van der Waals surface area contributed by atoms with Crippen LogP contribution in [0.5, 0.6) is 5.88 Å². The summed E-state index contributed by atoms with van der Waals surface area (Å²) in [7, 11) is 1.44. The number of aryl methyl sites for hydroxylation is 1. The topological polar surface area (TPSA) is 80.3 Å². The summed E-state index contributed by atoms with van der Waals surface area (Å²) in [4.78, 5) is 27.7. The Balaban J connectivity index is 1.98. The number of halogens is 2. The largest absolute Gasteiger partial charge is 0.481 e. The summed E-state index contributed by atoms with van der Waals surface area (Å²) in [5.41, 5.74) is 1.04. The molecule has 24 heavy (non-hydrogen) atoms. The molecule has 0 unspecified atom stereocenters. The van der Waals surface area contributed by atoms with Crippen molar-refractivity contribution in [2.24, 2.45) is 0 Å². The summed E-state index contributed by atoms with van der Waals surface area (Å²) in [6.45, 7) is 1.80.